The van der Waals surface area contributed by atoms with E-state index in [1.54, 1.807) is 12.1 Å². The van der Waals surface area contributed by atoms with E-state index in [0.29, 0.717) is 17.3 Å². The van der Waals surface area contributed by atoms with Gasteiger partial charge < -0.3 is 15.7 Å². The molecule has 0 spiro atoms. The molecule has 3 N–H and O–H groups in total. The third-order valence-electron chi connectivity index (χ3n) is 4.55. The molecule has 0 aliphatic carbocycles. The molecule has 1 aliphatic rings. The molecule has 1 aliphatic heterocycles. The number of benzene rings is 1. The van der Waals surface area contributed by atoms with Gasteiger partial charge in [-0.25, -0.2) is 9.37 Å². The molecular formula is C18H21FN4O3. The predicted octanol–water partition coefficient (Wildman–Crippen LogP) is 1.23. The molecule has 1 aromatic carbocycles. The van der Waals surface area contributed by atoms with Gasteiger partial charge in [-0.2, -0.15) is 0 Å². The molecule has 1 saturated heterocycles. The molecule has 3 rings (SSSR count). The van der Waals surface area contributed by atoms with Crippen LogP contribution in [0.25, 0.3) is 0 Å². The van der Waals surface area contributed by atoms with Gasteiger partial charge in [-0.3, -0.25) is 14.2 Å². The summed E-state index contributed by atoms with van der Waals surface area (Å²) in [7, 11) is 1.52. The molecule has 26 heavy (non-hydrogen) atoms. The number of nitrogens with zero attached hydrogens (tertiary/aromatic N) is 2. The van der Waals surface area contributed by atoms with E-state index in [9.17, 15) is 19.1 Å². The van der Waals surface area contributed by atoms with Crippen LogP contribution in [0.5, 0.6) is 5.75 Å². The van der Waals surface area contributed by atoms with Crippen molar-refractivity contribution in [3.05, 3.63) is 57.5 Å². The summed E-state index contributed by atoms with van der Waals surface area (Å²) in [4.78, 5) is 29.0. The average Bonchev–Trinajstić information content (AvgIpc) is 3.05. The van der Waals surface area contributed by atoms with Crippen molar-refractivity contribution in [2.75, 3.05) is 6.54 Å². The zero-order chi connectivity index (χ0) is 18.8. The van der Waals surface area contributed by atoms with Crippen LogP contribution in [0.4, 0.5) is 4.39 Å². The first-order valence-corrected chi connectivity index (χ1v) is 8.42. The van der Waals surface area contributed by atoms with Crippen LogP contribution in [0.1, 0.15) is 41.3 Å². The topological polar surface area (TPSA) is 96.2 Å². The van der Waals surface area contributed by atoms with Crippen molar-refractivity contribution < 1.29 is 14.3 Å². The van der Waals surface area contributed by atoms with Crippen molar-refractivity contribution in [1.82, 2.24) is 20.2 Å². The van der Waals surface area contributed by atoms with E-state index < -0.39 is 17.2 Å². The van der Waals surface area contributed by atoms with Crippen LogP contribution in [0.2, 0.25) is 0 Å². The second-order valence-corrected chi connectivity index (χ2v) is 6.64. The number of hydrogen-bond donors (Lipinski definition) is 3. The molecule has 2 heterocycles. The minimum absolute atomic E-state index is 0.128. The van der Waals surface area contributed by atoms with E-state index in [0.717, 1.165) is 13.0 Å². The van der Waals surface area contributed by atoms with Gasteiger partial charge in [0.2, 0.25) is 5.75 Å². The van der Waals surface area contributed by atoms with Crippen LogP contribution < -0.4 is 16.2 Å². The lowest BCUT2D eigenvalue weighted by molar-refractivity contribution is 0.0941. The molecule has 7 nitrogen and oxygen atoms in total. The Morgan fingerprint density at radius 1 is 1.42 bits per heavy atom. The zero-order valence-electron chi connectivity index (χ0n) is 14.6. The van der Waals surface area contributed by atoms with Crippen LogP contribution in [-0.2, 0) is 13.6 Å². The maximum atomic E-state index is 12.9. The second kappa shape index (κ2) is 7.25. The lowest BCUT2D eigenvalue weighted by Gasteiger charge is -2.16. The van der Waals surface area contributed by atoms with E-state index in [1.807, 2.05) is 0 Å². The maximum absolute atomic E-state index is 12.9. The first-order valence-electron chi connectivity index (χ1n) is 8.42. The van der Waals surface area contributed by atoms with Crippen LogP contribution in [0.3, 0.4) is 0 Å². The SMILES string of the molecule is C[C@@H]1CN[C@H](c2nc(C(=O)NCc3ccc(F)cc3)c(O)c(=O)n2C)C1. The highest BCUT2D eigenvalue weighted by Crippen LogP contribution is 2.25. The summed E-state index contributed by atoms with van der Waals surface area (Å²) < 4.78 is 14.2. The minimum atomic E-state index is -0.682. The van der Waals surface area contributed by atoms with Gasteiger partial charge in [0.05, 0.1) is 6.04 Å². The fourth-order valence-electron chi connectivity index (χ4n) is 3.05. The molecule has 138 valence electrons. The van der Waals surface area contributed by atoms with Crippen molar-refractivity contribution in [2.45, 2.75) is 25.9 Å². The van der Waals surface area contributed by atoms with E-state index in [4.69, 9.17) is 0 Å². The van der Waals surface area contributed by atoms with Gasteiger partial charge in [0.1, 0.15) is 11.6 Å². The summed E-state index contributed by atoms with van der Waals surface area (Å²) in [6.07, 6.45) is 0.793. The fraction of sp³-hybridized carbons (Fsp3) is 0.389. The maximum Gasteiger partial charge on any atom is 0.296 e. The zero-order valence-corrected chi connectivity index (χ0v) is 14.6. The van der Waals surface area contributed by atoms with E-state index in [2.05, 4.69) is 22.5 Å². The van der Waals surface area contributed by atoms with Crippen LogP contribution in [0, 0.1) is 11.7 Å². The monoisotopic (exact) mass is 360 g/mol. The minimum Gasteiger partial charge on any atom is -0.501 e. The summed E-state index contributed by atoms with van der Waals surface area (Å²) in [5.74, 6) is -0.852. The fourth-order valence-corrected chi connectivity index (χ4v) is 3.05. The molecule has 0 unspecified atom stereocenters. The first-order chi connectivity index (χ1) is 12.4. The number of carbonyl (C=O) groups excluding carboxylic acids is 1. The van der Waals surface area contributed by atoms with Gasteiger partial charge in [0, 0.05) is 13.6 Å². The Morgan fingerprint density at radius 2 is 2.12 bits per heavy atom. The largest absolute Gasteiger partial charge is 0.501 e. The third-order valence-corrected chi connectivity index (χ3v) is 4.55. The first kappa shape index (κ1) is 18.1. The molecule has 0 bridgehead atoms. The third kappa shape index (κ3) is 3.60. The molecule has 1 amide bonds. The Kier molecular flexibility index (Phi) is 5.03. The molecule has 1 aromatic heterocycles. The van der Waals surface area contributed by atoms with Crippen molar-refractivity contribution in [3.63, 3.8) is 0 Å². The Hall–Kier alpha value is -2.74. The molecule has 1 fully saturated rings. The van der Waals surface area contributed by atoms with E-state index >= 15 is 0 Å². The highest BCUT2D eigenvalue weighted by molar-refractivity contribution is 5.94. The van der Waals surface area contributed by atoms with Gasteiger partial charge in [0.15, 0.2) is 5.69 Å². The normalized spacial score (nSPS) is 19.5. The number of aromatic hydroxyl groups is 1. The summed E-state index contributed by atoms with van der Waals surface area (Å²) >= 11 is 0. The molecule has 0 saturated carbocycles. The standard InChI is InChI=1S/C18H21FN4O3/c1-10-7-13(20-8-10)16-22-14(15(24)18(26)23(16)2)17(25)21-9-11-3-5-12(19)6-4-11/h3-6,10,13,20,24H,7-9H2,1-2H3,(H,21,25)/t10-,13-/m0/s1. The summed E-state index contributed by atoms with van der Waals surface area (Å²) in [5.41, 5.74) is -0.274. The van der Waals surface area contributed by atoms with Crippen molar-refractivity contribution in [3.8, 4) is 5.75 Å². The number of halogens is 1. The van der Waals surface area contributed by atoms with Crippen LogP contribution >= 0.6 is 0 Å². The van der Waals surface area contributed by atoms with Crippen molar-refractivity contribution in [2.24, 2.45) is 13.0 Å². The van der Waals surface area contributed by atoms with Gasteiger partial charge in [-0.1, -0.05) is 19.1 Å². The molecule has 8 heteroatoms. The lowest BCUT2D eigenvalue weighted by atomic mass is 10.1. The number of aromatic nitrogens is 2. The van der Waals surface area contributed by atoms with Gasteiger partial charge in [-0.05, 0) is 36.6 Å². The quantitative estimate of drug-likeness (QED) is 0.762. The predicted molar refractivity (Wildman–Crippen MR) is 93.2 cm³/mol. The summed E-state index contributed by atoms with van der Waals surface area (Å²) in [6.45, 7) is 3.01. The lowest BCUT2D eigenvalue weighted by Crippen LogP contribution is -2.32. The number of amides is 1. The molecular weight excluding hydrogens is 339 g/mol. The van der Waals surface area contributed by atoms with E-state index in [-0.39, 0.29) is 24.1 Å². The van der Waals surface area contributed by atoms with Crippen LogP contribution in [0.15, 0.2) is 29.1 Å². The van der Waals surface area contributed by atoms with E-state index in [1.165, 1.54) is 23.7 Å². The van der Waals surface area contributed by atoms with Gasteiger partial charge in [-0.15, -0.1) is 0 Å². The average molecular weight is 360 g/mol. The highest BCUT2D eigenvalue weighted by Gasteiger charge is 2.28. The Labute approximate surface area is 149 Å². The number of carbonyl (C=O) groups is 1. The number of nitrogens with one attached hydrogen (secondary N) is 2. The summed E-state index contributed by atoms with van der Waals surface area (Å²) in [5, 5.41) is 15.9. The van der Waals surface area contributed by atoms with Crippen molar-refractivity contribution >= 4 is 5.91 Å². The Morgan fingerprint density at radius 3 is 2.73 bits per heavy atom. The highest BCUT2D eigenvalue weighted by atomic mass is 19.1. The number of rotatable bonds is 4. The Bertz CT molecular complexity index is 879. The molecule has 2 atom stereocenters. The van der Waals surface area contributed by atoms with Crippen molar-refractivity contribution in [1.29, 1.82) is 0 Å². The summed E-state index contributed by atoms with van der Waals surface area (Å²) in [6, 6.07) is 5.53. The smallest absolute Gasteiger partial charge is 0.296 e. The van der Waals surface area contributed by atoms with Gasteiger partial charge >= 0.3 is 0 Å². The van der Waals surface area contributed by atoms with Gasteiger partial charge in [0.25, 0.3) is 11.5 Å². The second-order valence-electron chi connectivity index (χ2n) is 6.64. The number of hydrogen-bond acceptors (Lipinski definition) is 5. The molecule has 0 radical (unpaired) electrons. The molecule has 2 aromatic rings. The van der Waals surface area contributed by atoms with Crippen LogP contribution in [-0.4, -0.2) is 27.1 Å². The Balaban J connectivity index is 1.84.